The smallest absolute Gasteiger partial charge is 0.480 e. The van der Waals surface area contributed by atoms with Gasteiger partial charge in [-0.05, 0) is 12.0 Å². The number of nitrogens with zero attached hydrogens (tertiary/aromatic N) is 4. The van der Waals surface area contributed by atoms with Gasteiger partial charge in [0.2, 0.25) is 0 Å². The molecular formula is C19H23N5O4S. The molecule has 0 aliphatic rings. The lowest BCUT2D eigenvalue weighted by molar-refractivity contribution is 0.0589. The molecule has 9 nitrogen and oxygen atoms in total. The first-order valence-electron chi connectivity index (χ1n) is 9.27. The van der Waals surface area contributed by atoms with Crippen LogP contribution in [-0.2, 0) is 16.0 Å². The number of hydrogen-bond donors (Lipinski definition) is 2. The lowest BCUT2D eigenvalue weighted by atomic mass is 10.2. The summed E-state index contributed by atoms with van der Waals surface area (Å²) in [5.41, 5.74) is 7.78. The lowest BCUT2D eigenvalue weighted by Crippen LogP contribution is -2.10. The van der Waals surface area contributed by atoms with E-state index in [1.54, 1.807) is 4.57 Å². The molecule has 0 saturated carbocycles. The lowest BCUT2D eigenvalue weighted by Gasteiger charge is -2.07. The molecule has 0 aliphatic heterocycles. The number of carbonyl (C=O) groups excluding carboxylic acids is 1. The van der Waals surface area contributed by atoms with Crippen molar-refractivity contribution in [3.05, 3.63) is 35.9 Å². The number of aromatic hydroxyl groups is 1. The summed E-state index contributed by atoms with van der Waals surface area (Å²) in [6.45, 7) is 2.93. The van der Waals surface area contributed by atoms with Crippen molar-refractivity contribution in [1.29, 1.82) is 0 Å². The van der Waals surface area contributed by atoms with Gasteiger partial charge in [0.15, 0.2) is 22.1 Å². The molecular weight excluding hydrogens is 394 g/mol. The molecule has 1 aromatic carbocycles. The molecule has 3 aromatic rings. The topological polar surface area (TPSA) is 125 Å². The maximum atomic E-state index is 11.4. The highest BCUT2D eigenvalue weighted by Crippen LogP contribution is 2.26. The van der Waals surface area contributed by atoms with Gasteiger partial charge in [-0.1, -0.05) is 55.4 Å². The Bertz CT molecular complexity index is 964. The van der Waals surface area contributed by atoms with Crippen LogP contribution in [0.25, 0.3) is 11.2 Å². The molecule has 3 N–H and O–H groups in total. The van der Waals surface area contributed by atoms with Crippen LogP contribution in [0.1, 0.15) is 25.3 Å². The summed E-state index contributed by atoms with van der Waals surface area (Å²) < 4.78 is 11.5. The number of carbonyl (C=O) groups is 1. The molecule has 0 amide bonds. The Balaban J connectivity index is 1.65. The molecule has 0 fully saturated rings. The molecule has 10 heteroatoms. The van der Waals surface area contributed by atoms with E-state index in [-0.39, 0.29) is 18.4 Å². The largest absolute Gasteiger partial charge is 0.508 e. The van der Waals surface area contributed by atoms with Crippen molar-refractivity contribution in [2.45, 2.75) is 31.5 Å². The van der Waals surface area contributed by atoms with Crippen LogP contribution in [-0.4, -0.2) is 49.7 Å². The second-order valence-electron chi connectivity index (χ2n) is 6.20. The number of thioether (sulfide) groups is 1. The minimum Gasteiger partial charge on any atom is -0.480 e. The Morgan fingerprint density at radius 2 is 1.93 bits per heavy atom. The number of anilines is 1. The summed E-state index contributed by atoms with van der Waals surface area (Å²) in [5.74, 6) is 0.617. The molecule has 0 spiro atoms. The predicted octanol–water partition coefficient (Wildman–Crippen LogP) is 3.21. The summed E-state index contributed by atoms with van der Waals surface area (Å²) in [6.07, 6.45) is 1.07. The third-order valence-electron chi connectivity index (χ3n) is 4.02. The minimum absolute atomic E-state index is 0.158. The molecule has 3 rings (SSSR count). The summed E-state index contributed by atoms with van der Waals surface area (Å²) in [7, 11) is 0. The van der Waals surface area contributed by atoms with Gasteiger partial charge in [-0.15, -0.1) is 0 Å². The fraction of sp³-hybridized carbons (Fsp3) is 0.368. The van der Waals surface area contributed by atoms with E-state index in [9.17, 15) is 9.90 Å². The third-order valence-corrected chi connectivity index (χ3v) is 4.83. The van der Waals surface area contributed by atoms with Gasteiger partial charge in [-0.25, -0.2) is 14.8 Å². The van der Waals surface area contributed by atoms with Crippen molar-refractivity contribution in [2.75, 3.05) is 24.7 Å². The average Bonchev–Trinajstić information content (AvgIpc) is 3.02. The van der Waals surface area contributed by atoms with Crippen LogP contribution < -0.4 is 5.73 Å². The number of imidazole rings is 1. The first-order chi connectivity index (χ1) is 14.1. The highest BCUT2D eigenvalue weighted by Gasteiger charge is 2.17. The summed E-state index contributed by atoms with van der Waals surface area (Å²) in [6, 6.07) is 9.48. The second-order valence-corrected chi connectivity index (χ2v) is 7.26. The van der Waals surface area contributed by atoms with Crippen LogP contribution in [0.2, 0.25) is 0 Å². The van der Waals surface area contributed by atoms with Crippen LogP contribution in [0, 0.1) is 0 Å². The molecule has 0 radical (unpaired) electrons. The molecule has 0 atom stereocenters. The number of unbranched alkanes of at least 4 members (excludes halogenated alkanes) is 1. The maximum Gasteiger partial charge on any atom is 0.508 e. The van der Waals surface area contributed by atoms with Gasteiger partial charge in [0, 0.05) is 5.75 Å². The minimum atomic E-state index is -0.680. The van der Waals surface area contributed by atoms with E-state index in [1.165, 1.54) is 11.8 Å². The first-order valence-corrected chi connectivity index (χ1v) is 10.3. The number of nitrogens with two attached hydrogens (primary N) is 1. The SMILES string of the molecule is CCCCOC(=O)OCCSc1nc(N)c2nc(O)n(Cc3ccccc3)c2n1. The Kier molecular flexibility index (Phi) is 7.12. The Morgan fingerprint density at radius 3 is 2.69 bits per heavy atom. The highest BCUT2D eigenvalue weighted by atomic mass is 32.2. The molecule has 0 bridgehead atoms. The quantitative estimate of drug-likeness (QED) is 0.233. The van der Waals surface area contributed by atoms with Crippen LogP contribution >= 0.6 is 11.8 Å². The molecule has 0 aliphatic carbocycles. The Morgan fingerprint density at radius 1 is 1.17 bits per heavy atom. The van der Waals surface area contributed by atoms with Crippen LogP contribution in [0.3, 0.4) is 0 Å². The van der Waals surface area contributed by atoms with E-state index >= 15 is 0 Å². The molecule has 2 heterocycles. The second kappa shape index (κ2) is 9.97. The summed E-state index contributed by atoms with van der Waals surface area (Å²) in [4.78, 5) is 24.2. The van der Waals surface area contributed by atoms with E-state index < -0.39 is 6.16 Å². The van der Waals surface area contributed by atoms with Crippen molar-refractivity contribution in [2.24, 2.45) is 0 Å². The first kappa shape index (κ1) is 20.7. The molecule has 0 unspecified atom stereocenters. The maximum absolute atomic E-state index is 11.4. The van der Waals surface area contributed by atoms with E-state index in [0.29, 0.717) is 35.2 Å². The van der Waals surface area contributed by atoms with E-state index in [4.69, 9.17) is 15.2 Å². The molecule has 2 aromatic heterocycles. The van der Waals surface area contributed by atoms with Crippen molar-refractivity contribution in [3.8, 4) is 6.01 Å². The van der Waals surface area contributed by atoms with Crippen LogP contribution in [0.4, 0.5) is 10.6 Å². The molecule has 29 heavy (non-hydrogen) atoms. The number of aromatic nitrogens is 4. The van der Waals surface area contributed by atoms with E-state index in [2.05, 4.69) is 15.0 Å². The highest BCUT2D eigenvalue weighted by molar-refractivity contribution is 7.99. The third kappa shape index (κ3) is 5.50. The fourth-order valence-corrected chi connectivity index (χ4v) is 3.23. The van der Waals surface area contributed by atoms with Crippen molar-refractivity contribution >= 4 is 34.9 Å². The Hall–Kier alpha value is -3.01. The van der Waals surface area contributed by atoms with Gasteiger partial charge in [-0.2, -0.15) is 4.98 Å². The normalized spacial score (nSPS) is 10.9. The van der Waals surface area contributed by atoms with Gasteiger partial charge in [0.05, 0.1) is 13.2 Å². The van der Waals surface area contributed by atoms with Gasteiger partial charge in [0.1, 0.15) is 6.61 Å². The van der Waals surface area contributed by atoms with Crippen molar-refractivity contribution in [3.63, 3.8) is 0 Å². The standard InChI is InChI=1S/C19H23N5O4S/c1-2-3-9-27-19(26)28-10-11-29-17-22-15(20)14-16(23-17)24(18(25)21-14)12-13-7-5-4-6-8-13/h4-8H,2-3,9-12H2,1H3,(H,21,25)(H2,20,22,23). The number of ether oxygens (including phenoxy) is 2. The zero-order valence-electron chi connectivity index (χ0n) is 16.1. The molecule has 0 saturated heterocycles. The molecule has 154 valence electrons. The van der Waals surface area contributed by atoms with E-state index in [1.807, 2.05) is 37.3 Å². The number of benzene rings is 1. The van der Waals surface area contributed by atoms with Crippen molar-refractivity contribution in [1.82, 2.24) is 19.5 Å². The number of nitrogen functional groups attached to an aromatic ring is 1. The zero-order chi connectivity index (χ0) is 20.6. The Labute approximate surface area is 172 Å². The number of hydrogen-bond acceptors (Lipinski definition) is 9. The van der Waals surface area contributed by atoms with Crippen molar-refractivity contribution < 1.29 is 19.4 Å². The summed E-state index contributed by atoms with van der Waals surface area (Å²) in [5, 5.41) is 10.6. The van der Waals surface area contributed by atoms with Crippen LogP contribution in [0.5, 0.6) is 6.01 Å². The fourth-order valence-electron chi connectivity index (χ4n) is 2.57. The average molecular weight is 417 g/mol. The number of fused-ring (bicyclic) bond motifs is 1. The monoisotopic (exact) mass is 417 g/mol. The van der Waals surface area contributed by atoms with Gasteiger partial charge in [-0.3, -0.25) is 4.57 Å². The van der Waals surface area contributed by atoms with Crippen LogP contribution in [0.15, 0.2) is 35.5 Å². The van der Waals surface area contributed by atoms with Gasteiger partial charge in [0.25, 0.3) is 6.01 Å². The van der Waals surface area contributed by atoms with Gasteiger partial charge < -0.3 is 20.3 Å². The number of rotatable bonds is 9. The van der Waals surface area contributed by atoms with E-state index in [0.717, 1.165) is 18.4 Å². The van der Waals surface area contributed by atoms with Gasteiger partial charge >= 0.3 is 6.16 Å². The zero-order valence-corrected chi connectivity index (χ0v) is 16.9. The summed E-state index contributed by atoms with van der Waals surface area (Å²) >= 11 is 1.29. The predicted molar refractivity (Wildman–Crippen MR) is 110 cm³/mol.